The summed E-state index contributed by atoms with van der Waals surface area (Å²) in [4.78, 5) is 4.93. The quantitative estimate of drug-likeness (QED) is 0.900. The molecule has 1 saturated heterocycles. The van der Waals surface area contributed by atoms with Gasteiger partial charge in [0.15, 0.2) is 0 Å². The van der Waals surface area contributed by atoms with Gasteiger partial charge in [-0.3, -0.25) is 4.90 Å². The molecule has 2 rings (SSSR count). The van der Waals surface area contributed by atoms with Crippen molar-refractivity contribution in [1.82, 2.24) is 10.2 Å². The maximum absolute atomic E-state index is 6.48. The molecular formula is C16H26ClN3. The Bertz CT molecular complexity index is 428. The second-order valence-electron chi connectivity index (χ2n) is 5.55. The van der Waals surface area contributed by atoms with Crippen LogP contribution in [0.25, 0.3) is 0 Å². The van der Waals surface area contributed by atoms with Gasteiger partial charge in [0.2, 0.25) is 0 Å². The van der Waals surface area contributed by atoms with Crippen molar-refractivity contribution in [2.45, 2.75) is 26.3 Å². The van der Waals surface area contributed by atoms with Crippen molar-refractivity contribution in [3.8, 4) is 0 Å². The molecule has 1 aromatic carbocycles. The third-order valence-electron chi connectivity index (χ3n) is 4.16. The molecule has 0 aliphatic carbocycles. The molecule has 0 saturated carbocycles. The van der Waals surface area contributed by atoms with Crippen LogP contribution in [0.15, 0.2) is 18.2 Å². The van der Waals surface area contributed by atoms with Crippen LogP contribution >= 0.6 is 11.6 Å². The second kappa shape index (κ2) is 7.30. The molecule has 1 heterocycles. The number of hydrogen-bond donors (Lipinski definition) is 1. The van der Waals surface area contributed by atoms with E-state index < -0.39 is 0 Å². The predicted molar refractivity (Wildman–Crippen MR) is 87.9 cm³/mol. The fourth-order valence-corrected chi connectivity index (χ4v) is 3.05. The highest BCUT2D eigenvalue weighted by molar-refractivity contribution is 6.33. The molecule has 1 unspecified atom stereocenters. The van der Waals surface area contributed by atoms with Gasteiger partial charge >= 0.3 is 0 Å². The number of piperazine rings is 1. The first-order valence-corrected chi connectivity index (χ1v) is 7.97. The zero-order valence-corrected chi connectivity index (χ0v) is 13.6. The first kappa shape index (κ1) is 15.6. The van der Waals surface area contributed by atoms with Crippen LogP contribution in [0.5, 0.6) is 0 Å². The van der Waals surface area contributed by atoms with Gasteiger partial charge in [0, 0.05) is 32.2 Å². The fraction of sp³-hybridized carbons (Fsp3) is 0.625. The van der Waals surface area contributed by atoms with Crippen LogP contribution < -0.4 is 10.2 Å². The Hall–Kier alpha value is -0.770. The summed E-state index contributed by atoms with van der Waals surface area (Å²) in [5, 5.41) is 4.12. The zero-order chi connectivity index (χ0) is 14.5. The van der Waals surface area contributed by atoms with Crippen LogP contribution in [0.1, 0.15) is 31.9 Å². The van der Waals surface area contributed by atoms with Gasteiger partial charge in [-0.05, 0) is 44.6 Å². The number of benzene rings is 1. The van der Waals surface area contributed by atoms with E-state index in [-0.39, 0.29) is 0 Å². The SMILES string of the molecule is CCCN1CCN(c2ccc(C(C)NC)cc2Cl)CC1. The highest BCUT2D eigenvalue weighted by Crippen LogP contribution is 2.29. The van der Waals surface area contributed by atoms with Crippen LogP contribution in [0.2, 0.25) is 5.02 Å². The molecule has 0 aromatic heterocycles. The van der Waals surface area contributed by atoms with Crippen LogP contribution in [0.3, 0.4) is 0 Å². The number of nitrogens with zero attached hydrogens (tertiary/aromatic N) is 2. The van der Waals surface area contributed by atoms with Crippen LogP contribution in [0, 0.1) is 0 Å². The average Bonchev–Trinajstić information content (AvgIpc) is 2.47. The van der Waals surface area contributed by atoms with E-state index in [9.17, 15) is 0 Å². The number of nitrogens with one attached hydrogen (secondary N) is 1. The number of halogens is 1. The van der Waals surface area contributed by atoms with Gasteiger partial charge in [-0.25, -0.2) is 0 Å². The fourth-order valence-electron chi connectivity index (χ4n) is 2.74. The molecule has 1 aliphatic heterocycles. The number of anilines is 1. The summed E-state index contributed by atoms with van der Waals surface area (Å²) in [5.74, 6) is 0. The first-order valence-electron chi connectivity index (χ1n) is 7.59. The lowest BCUT2D eigenvalue weighted by Crippen LogP contribution is -2.46. The lowest BCUT2D eigenvalue weighted by molar-refractivity contribution is 0.258. The molecular weight excluding hydrogens is 270 g/mol. The Morgan fingerprint density at radius 2 is 1.95 bits per heavy atom. The van der Waals surface area contributed by atoms with Crippen molar-refractivity contribution >= 4 is 17.3 Å². The standard InChI is InChI=1S/C16H26ClN3/c1-4-7-19-8-10-20(11-9-19)16-6-5-14(12-15(16)17)13(2)18-3/h5-6,12-13,18H,4,7-11H2,1-3H3. The third kappa shape index (κ3) is 3.66. The van der Waals surface area contributed by atoms with Gasteiger partial charge < -0.3 is 10.2 Å². The lowest BCUT2D eigenvalue weighted by atomic mass is 10.1. The Kier molecular flexibility index (Phi) is 5.70. The van der Waals surface area contributed by atoms with E-state index in [4.69, 9.17) is 11.6 Å². The molecule has 3 nitrogen and oxygen atoms in total. The van der Waals surface area contributed by atoms with Crippen molar-refractivity contribution < 1.29 is 0 Å². The minimum absolute atomic E-state index is 0.336. The van der Waals surface area contributed by atoms with Gasteiger partial charge in [0.1, 0.15) is 0 Å². The van der Waals surface area contributed by atoms with Gasteiger partial charge in [0.05, 0.1) is 10.7 Å². The van der Waals surface area contributed by atoms with Gasteiger partial charge in [-0.2, -0.15) is 0 Å². The minimum atomic E-state index is 0.336. The lowest BCUT2D eigenvalue weighted by Gasteiger charge is -2.36. The highest BCUT2D eigenvalue weighted by atomic mass is 35.5. The summed E-state index contributed by atoms with van der Waals surface area (Å²) in [6.07, 6.45) is 1.23. The summed E-state index contributed by atoms with van der Waals surface area (Å²) >= 11 is 6.48. The smallest absolute Gasteiger partial charge is 0.0642 e. The molecule has 112 valence electrons. The average molecular weight is 296 g/mol. The zero-order valence-electron chi connectivity index (χ0n) is 12.8. The van der Waals surface area contributed by atoms with Crippen LogP contribution in [0.4, 0.5) is 5.69 Å². The molecule has 4 heteroatoms. The molecule has 0 radical (unpaired) electrons. The summed E-state index contributed by atoms with van der Waals surface area (Å²) < 4.78 is 0. The molecule has 0 amide bonds. The summed E-state index contributed by atoms with van der Waals surface area (Å²) in [6, 6.07) is 6.78. The normalized spacial score (nSPS) is 18.3. The van der Waals surface area contributed by atoms with Gasteiger partial charge in [0.25, 0.3) is 0 Å². The van der Waals surface area contributed by atoms with Gasteiger partial charge in [-0.1, -0.05) is 24.6 Å². The number of hydrogen-bond acceptors (Lipinski definition) is 3. The largest absolute Gasteiger partial charge is 0.368 e. The van der Waals surface area contributed by atoms with E-state index in [0.29, 0.717) is 6.04 Å². The predicted octanol–water partition coefficient (Wildman–Crippen LogP) is 3.15. The molecule has 0 bridgehead atoms. The van der Waals surface area contributed by atoms with Crippen molar-refractivity contribution in [3.05, 3.63) is 28.8 Å². The molecule has 1 atom stereocenters. The number of rotatable bonds is 5. The van der Waals surface area contributed by atoms with E-state index in [0.717, 1.165) is 31.2 Å². The Labute approximate surface area is 127 Å². The minimum Gasteiger partial charge on any atom is -0.368 e. The Morgan fingerprint density at radius 3 is 2.50 bits per heavy atom. The van der Waals surface area contributed by atoms with Crippen molar-refractivity contribution in [2.75, 3.05) is 44.7 Å². The second-order valence-corrected chi connectivity index (χ2v) is 5.96. The maximum atomic E-state index is 6.48. The molecule has 1 aliphatic rings. The molecule has 1 N–H and O–H groups in total. The van der Waals surface area contributed by atoms with E-state index >= 15 is 0 Å². The molecule has 0 spiro atoms. The van der Waals surface area contributed by atoms with Gasteiger partial charge in [-0.15, -0.1) is 0 Å². The van der Waals surface area contributed by atoms with E-state index in [2.05, 4.69) is 47.2 Å². The van der Waals surface area contributed by atoms with E-state index in [1.807, 2.05) is 7.05 Å². The van der Waals surface area contributed by atoms with Crippen molar-refractivity contribution in [1.29, 1.82) is 0 Å². The third-order valence-corrected chi connectivity index (χ3v) is 4.46. The summed E-state index contributed by atoms with van der Waals surface area (Å²) in [5.41, 5.74) is 2.42. The van der Waals surface area contributed by atoms with E-state index in [1.54, 1.807) is 0 Å². The summed E-state index contributed by atoms with van der Waals surface area (Å²) in [7, 11) is 1.97. The molecule has 1 aromatic rings. The van der Waals surface area contributed by atoms with Crippen LogP contribution in [-0.4, -0.2) is 44.7 Å². The Morgan fingerprint density at radius 1 is 1.25 bits per heavy atom. The highest BCUT2D eigenvalue weighted by Gasteiger charge is 2.18. The Balaban J connectivity index is 2.03. The summed E-state index contributed by atoms with van der Waals surface area (Å²) in [6.45, 7) is 10.0. The van der Waals surface area contributed by atoms with Crippen LogP contribution in [-0.2, 0) is 0 Å². The maximum Gasteiger partial charge on any atom is 0.0642 e. The van der Waals surface area contributed by atoms with Crippen molar-refractivity contribution in [3.63, 3.8) is 0 Å². The van der Waals surface area contributed by atoms with Crippen molar-refractivity contribution in [2.24, 2.45) is 0 Å². The first-order chi connectivity index (χ1) is 9.65. The monoisotopic (exact) mass is 295 g/mol. The topological polar surface area (TPSA) is 18.5 Å². The van der Waals surface area contributed by atoms with E-state index in [1.165, 1.54) is 24.2 Å². The molecule has 20 heavy (non-hydrogen) atoms. The molecule has 1 fully saturated rings.